The molecule has 1 aromatic heterocycles. The van der Waals surface area contributed by atoms with E-state index in [0.29, 0.717) is 33.5 Å². The van der Waals surface area contributed by atoms with Crippen LogP contribution in [0, 0.1) is 13.8 Å². The number of aliphatic carboxylic acids is 1. The van der Waals surface area contributed by atoms with Crippen LogP contribution in [0.15, 0.2) is 66.2 Å². The van der Waals surface area contributed by atoms with Crippen LogP contribution in [-0.4, -0.2) is 27.6 Å². The molecule has 0 atom stereocenters. The van der Waals surface area contributed by atoms with Gasteiger partial charge in [0.05, 0.1) is 24.8 Å². The van der Waals surface area contributed by atoms with E-state index in [-0.39, 0.29) is 52.9 Å². The molecule has 4 rings (SSSR count). The van der Waals surface area contributed by atoms with Crippen molar-refractivity contribution in [3.63, 3.8) is 0 Å². The Balaban J connectivity index is 0.00000324. The molecule has 34 heavy (non-hydrogen) atoms. The van der Waals surface area contributed by atoms with Crippen LogP contribution in [-0.2, 0) is 11.2 Å². The quantitative estimate of drug-likeness (QED) is 0.222. The molecule has 166 valence electrons. The summed E-state index contributed by atoms with van der Waals surface area (Å²) >= 11 is 1.04. The Morgan fingerprint density at radius 3 is 2.32 bits per heavy atom. The summed E-state index contributed by atoms with van der Waals surface area (Å²) in [5, 5.41) is 12.4. The molecule has 0 aliphatic rings. The SMILES string of the molecule is COc1ccccc1CC(C(=O)c1ccc(C)c(C)c1)=C(C(=O)[O-])c1ccc2nsnc2c1.[Na+]. The molecule has 0 radical (unpaired) electrons. The Bertz CT molecular complexity index is 1410. The summed E-state index contributed by atoms with van der Waals surface area (Å²) in [7, 11) is 1.54. The van der Waals surface area contributed by atoms with Crippen LogP contribution in [0.5, 0.6) is 5.75 Å². The number of benzene rings is 3. The van der Waals surface area contributed by atoms with Gasteiger partial charge in [0.1, 0.15) is 16.8 Å². The normalized spacial score (nSPS) is 11.5. The van der Waals surface area contributed by atoms with Crippen LogP contribution in [0.1, 0.15) is 32.6 Å². The third-order valence-electron chi connectivity index (χ3n) is 5.65. The van der Waals surface area contributed by atoms with Gasteiger partial charge in [-0.1, -0.05) is 36.4 Å². The van der Waals surface area contributed by atoms with Gasteiger partial charge in [0.2, 0.25) is 0 Å². The number of methoxy groups -OCH3 is 1. The predicted molar refractivity (Wildman–Crippen MR) is 126 cm³/mol. The fourth-order valence-corrected chi connectivity index (χ4v) is 4.25. The van der Waals surface area contributed by atoms with Crippen molar-refractivity contribution in [1.82, 2.24) is 8.75 Å². The maximum Gasteiger partial charge on any atom is 1.00 e. The molecule has 1 heterocycles. The van der Waals surface area contributed by atoms with Gasteiger partial charge in [0, 0.05) is 23.1 Å². The molecule has 0 unspecified atom stereocenters. The Hall–Kier alpha value is -2.84. The van der Waals surface area contributed by atoms with Crippen LogP contribution in [0.4, 0.5) is 0 Å². The van der Waals surface area contributed by atoms with Crippen LogP contribution in [0.3, 0.4) is 0 Å². The first-order valence-electron chi connectivity index (χ1n) is 10.3. The molecule has 0 spiro atoms. The van der Waals surface area contributed by atoms with E-state index in [1.165, 1.54) is 7.11 Å². The van der Waals surface area contributed by atoms with Crippen LogP contribution >= 0.6 is 11.7 Å². The van der Waals surface area contributed by atoms with Crippen molar-refractivity contribution in [2.75, 3.05) is 7.11 Å². The first-order valence-corrected chi connectivity index (χ1v) is 11.0. The number of para-hydroxylation sites is 1. The summed E-state index contributed by atoms with van der Waals surface area (Å²) in [6.07, 6.45) is 0.0619. The van der Waals surface area contributed by atoms with Gasteiger partial charge in [-0.25, -0.2) is 0 Å². The summed E-state index contributed by atoms with van der Waals surface area (Å²) in [5.74, 6) is -1.24. The summed E-state index contributed by atoms with van der Waals surface area (Å²) in [5.41, 5.74) is 4.62. The Morgan fingerprint density at radius 1 is 0.912 bits per heavy atom. The standard InChI is InChI=1S/C26H22N2O4S.Na/c1-15-8-9-19(12-16(15)2)25(29)20(13-17-6-4-5-7-23(17)32-3)24(26(30)31)18-10-11-21-22(14-18)28-33-27-21;/h4-12,14H,13H2,1-3H3,(H,30,31);/q;+1/p-1. The fourth-order valence-electron chi connectivity index (χ4n) is 3.73. The van der Waals surface area contributed by atoms with Crippen LogP contribution in [0.25, 0.3) is 16.6 Å². The number of hydrogen-bond acceptors (Lipinski definition) is 7. The van der Waals surface area contributed by atoms with Crippen LogP contribution in [0.2, 0.25) is 0 Å². The molecule has 8 heteroatoms. The number of carbonyl (C=O) groups is 2. The van der Waals surface area contributed by atoms with Crippen molar-refractivity contribution in [1.29, 1.82) is 0 Å². The Labute approximate surface area is 223 Å². The van der Waals surface area contributed by atoms with E-state index >= 15 is 0 Å². The maximum absolute atomic E-state index is 13.7. The van der Waals surface area contributed by atoms with Crippen molar-refractivity contribution < 1.29 is 49.0 Å². The van der Waals surface area contributed by atoms with Crippen LogP contribution < -0.4 is 39.4 Å². The van der Waals surface area contributed by atoms with Gasteiger partial charge >= 0.3 is 29.6 Å². The number of Topliss-reactive ketones (excluding diaryl/α,β-unsaturated/α-hetero) is 1. The zero-order chi connectivity index (χ0) is 23.5. The summed E-state index contributed by atoms with van der Waals surface area (Å²) in [4.78, 5) is 26.2. The van der Waals surface area contributed by atoms with E-state index in [0.717, 1.165) is 22.9 Å². The molecular weight excluding hydrogens is 459 g/mol. The van der Waals surface area contributed by atoms with Crippen molar-refractivity contribution in [2.24, 2.45) is 0 Å². The minimum absolute atomic E-state index is 0. The number of ether oxygens (including phenoxy) is 1. The molecule has 0 N–H and O–H groups in total. The second-order valence-corrected chi connectivity index (χ2v) is 8.25. The summed E-state index contributed by atoms with van der Waals surface area (Å²) in [6.45, 7) is 3.87. The summed E-state index contributed by atoms with van der Waals surface area (Å²) in [6, 6.07) is 17.5. The number of aryl methyl sites for hydroxylation is 2. The van der Waals surface area contributed by atoms with E-state index in [1.807, 2.05) is 38.1 Å². The number of allylic oxidation sites excluding steroid dienone is 1. The third kappa shape index (κ3) is 5.28. The van der Waals surface area contributed by atoms with Gasteiger partial charge in [-0.15, -0.1) is 0 Å². The van der Waals surface area contributed by atoms with E-state index in [4.69, 9.17) is 4.74 Å². The van der Waals surface area contributed by atoms with E-state index in [1.54, 1.807) is 36.4 Å². The second kappa shape index (κ2) is 11.1. The first-order chi connectivity index (χ1) is 15.9. The third-order valence-corrected chi connectivity index (χ3v) is 6.21. The van der Waals surface area contributed by atoms with Crippen molar-refractivity contribution in [3.05, 3.63) is 94.1 Å². The monoisotopic (exact) mass is 480 g/mol. The molecule has 0 saturated carbocycles. The van der Waals surface area contributed by atoms with Crippen molar-refractivity contribution in [2.45, 2.75) is 20.3 Å². The van der Waals surface area contributed by atoms with Crippen molar-refractivity contribution in [3.8, 4) is 5.75 Å². The molecule has 4 aromatic rings. The minimum Gasteiger partial charge on any atom is -0.545 e. The van der Waals surface area contributed by atoms with Gasteiger partial charge in [-0.2, -0.15) is 8.75 Å². The number of hydrogen-bond donors (Lipinski definition) is 0. The fraction of sp³-hybridized carbons (Fsp3) is 0.154. The van der Waals surface area contributed by atoms with Gasteiger partial charge in [-0.05, 0) is 60.4 Å². The molecule has 0 saturated heterocycles. The molecule has 0 bridgehead atoms. The molecular formula is C26H21N2NaO4S. The zero-order valence-corrected chi connectivity index (χ0v) is 22.2. The largest absolute Gasteiger partial charge is 1.00 e. The second-order valence-electron chi connectivity index (χ2n) is 7.73. The molecule has 6 nitrogen and oxygen atoms in total. The maximum atomic E-state index is 13.7. The number of fused-ring (bicyclic) bond motifs is 1. The number of aromatic nitrogens is 2. The smallest absolute Gasteiger partial charge is 0.545 e. The summed E-state index contributed by atoms with van der Waals surface area (Å²) < 4.78 is 13.8. The van der Waals surface area contributed by atoms with Gasteiger partial charge in [0.25, 0.3) is 0 Å². The molecule has 0 aliphatic carbocycles. The zero-order valence-electron chi connectivity index (χ0n) is 19.4. The molecule has 0 fully saturated rings. The number of carbonyl (C=O) groups excluding carboxylic acids is 2. The van der Waals surface area contributed by atoms with Gasteiger partial charge in [0.15, 0.2) is 5.78 Å². The predicted octanol–water partition coefficient (Wildman–Crippen LogP) is 0.950. The topological polar surface area (TPSA) is 92.2 Å². The molecule has 0 amide bonds. The molecule has 0 aliphatic heterocycles. The number of carboxylic acid groups (broad SMARTS) is 1. The van der Waals surface area contributed by atoms with Crippen molar-refractivity contribution >= 4 is 40.1 Å². The Morgan fingerprint density at radius 2 is 1.62 bits per heavy atom. The number of rotatable bonds is 7. The number of nitrogens with zero attached hydrogens (tertiary/aromatic N) is 2. The number of ketones is 1. The first kappa shape index (κ1) is 25.8. The van der Waals surface area contributed by atoms with Gasteiger partial charge < -0.3 is 14.6 Å². The Kier molecular flexibility index (Phi) is 8.38. The van der Waals surface area contributed by atoms with E-state index in [2.05, 4.69) is 8.75 Å². The molecule has 3 aromatic carbocycles. The number of carboxylic acids is 1. The van der Waals surface area contributed by atoms with Gasteiger partial charge in [-0.3, -0.25) is 4.79 Å². The van der Waals surface area contributed by atoms with E-state index < -0.39 is 5.97 Å². The average molecular weight is 481 g/mol. The van der Waals surface area contributed by atoms with E-state index in [9.17, 15) is 14.7 Å². The average Bonchev–Trinajstić information content (AvgIpc) is 3.28. The minimum atomic E-state index is -1.43.